The van der Waals surface area contributed by atoms with Gasteiger partial charge in [0.15, 0.2) is 4.34 Å². The fourth-order valence-corrected chi connectivity index (χ4v) is 5.45. The zero-order chi connectivity index (χ0) is 19.5. The van der Waals surface area contributed by atoms with E-state index in [9.17, 15) is 13.2 Å². The van der Waals surface area contributed by atoms with E-state index in [-0.39, 0.29) is 15.7 Å². The maximum absolute atomic E-state index is 12.6. The lowest BCUT2D eigenvalue weighted by Gasteiger charge is -2.28. The van der Waals surface area contributed by atoms with Crippen molar-refractivity contribution < 1.29 is 13.2 Å². The van der Waals surface area contributed by atoms with Gasteiger partial charge in [-0.25, -0.2) is 8.42 Å². The lowest BCUT2D eigenvalue weighted by molar-refractivity contribution is -0.116. The summed E-state index contributed by atoms with van der Waals surface area (Å²) in [7, 11) is -3.77. The average molecular weight is 455 g/mol. The highest BCUT2D eigenvalue weighted by atomic mass is 35.5. The minimum Gasteiger partial charge on any atom is -0.299 e. The summed E-state index contributed by atoms with van der Waals surface area (Å²) in [6.07, 6.45) is 1.01. The Kier molecular flexibility index (Phi) is 7.14. The molecular formula is C14H16Cl2N4O3S3. The van der Waals surface area contributed by atoms with E-state index in [0.29, 0.717) is 5.13 Å². The van der Waals surface area contributed by atoms with Gasteiger partial charge in [0.25, 0.3) is 0 Å². The molecule has 0 saturated carbocycles. The second-order valence-electron chi connectivity index (χ2n) is 5.16. The molecule has 0 unspecified atom stereocenters. The van der Waals surface area contributed by atoms with Crippen molar-refractivity contribution in [1.29, 1.82) is 0 Å². The molecule has 0 fully saturated rings. The number of nitrogens with zero attached hydrogens (tertiary/aromatic N) is 3. The van der Waals surface area contributed by atoms with Crippen molar-refractivity contribution >= 4 is 73.0 Å². The number of thioether (sulfide) groups is 1. The number of carbonyl (C=O) groups is 1. The molecule has 12 heteroatoms. The van der Waals surface area contributed by atoms with E-state index in [1.54, 1.807) is 0 Å². The Labute approximate surface area is 170 Å². The van der Waals surface area contributed by atoms with Crippen LogP contribution in [0.4, 0.5) is 10.8 Å². The fraction of sp³-hybridized carbons (Fsp3) is 0.357. The lowest BCUT2D eigenvalue weighted by Crippen LogP contribution is -2.45. The van der Waals surface area contributed by atoms with E-state index in [1.807, 2.05) is 6.92 Å². The summed E-state index contributed by atoms with van der Waals surface area (Å²) >= 11 is 14.7. The number of carbonyl (C=O) groups excluding carboxylic acids is 1. The van der Waals surface area contributed by atoms with Gasteiger partial charge in [0.05, 0.1) is 11.9 Å². The maximum Gasteiger partial charge on any atom is 0.249 e. The summed E-state index contributed by atoms with van der Waals surface area (Å²) in [6.45, 7) is 3.44. The van der Waals surface area contributed by atoms with Crippen LogP contribution in [0.15, 0.2) is 22.5 Å². The van der Waals surface area contributed by atoms with Gasteiger partial charge >= 0.3 is 0 Å². The first kappa shape index (κ1) is 21.2. The zero-order valence-electron chi connectivity index (χ0n) is 14.1. The maximum atomic E-state index is 12.6. The monoisotopic (exact) mass is 454 g/mol. The van der Waals surface area contributed by atoms with Crippen LogP contribution >= 0.6 is 46.3 Å². The Hall–Kier alpha value is -1.07. The summed E-state index contributed by atoms with van der Waals surface area (Å²) in [6, 6.07) is 3.29. The van der Waals surface area contributed by atoms with Gasteiger partial charge in [-0.3, -0.25) is 14.4 Å². The normalized spacial score (nSPS) is 12.7. The van der Waals surface area contributed by atoms with Gasteiger partial charge in [-0.2, -0.15) is 0 Å². The Morgan fingerprint density at radius 2 is 1.92 bits per heavy atom. The van der Waals surface area contributed by atoms with E-state index in [0.717, 1.165) is 20.7 Å². The highest BCUT2D eigenvalue weighted by Crippen LogP contribution is 2.29. The third-order valence-electron chi connectivity index (χ3n) is 3.09. The van der Waals surface area contributed by atoms with Crippen molar-refractivity contribution in [3.05, 3.63) is 28.2 Å². The highest BCUT2D eigenvalue weighted by molar-refractivity contribution is 8.01. The number of anilines is 2. The average Bonchev–Trinajstić information content (AvgIpc) is 2.92. The molecule has 2 rings (SSSR count). The first-order valence-corrected chi connectivity index (χ1v) is 11.7. The van der Waals surface area contributed by atoms with Gasteiger partial charge in [0.1, 0.15) is 6.04 Å². The van der Waals surface area contributed by atoms with Gasteiger partial charge in [-0.05, 0) is 30.9 Å². The standard InChI is InChI=1S/C14H16Cl2N4O3S3/c1-4-24-14-19-18-13(25-14)17-12(21)8(2)20(26(3,22)23)11-6-9(15)5-10(16)7-11/h5-8H,4H2,1-3H3,(H,17,18,21)/t8-/m0/s1. The van der Waals surface area contributed by atoms with E-state index in [1.165, 1.54) is 48.2 Å². The number of nitrogens with one attached hydrogen (secondary N) is 1. The van der Waals surface area contributed by atoms with Crippen LogP contribution in [-0.2, 0) is 14.8 Å². The highest BCUT2D eigenvalue weighted by Gasteiger charge is 2.30. The first-order valence-electron chi connectivity index (χ1n) is 7.34. The third kappa shape index (κ3) is 5.46. The molecule has 142 valence electrons. The molecular weight excluding hydrogens is 439 g/mol. The van der Waals surface area contributed by atoms with Crippen LogP contribution in [0.25, 0.3) is 0 Å². The van der Waals surface area contributed by atoms with Crippen molar-refractivity contribution in [1.82, 2.24) is 10.2 Å². The molecule has 1 heterocycles. The second kappa shape index (κ2) is 8.75. The molecule has 0 aliphatic rings. The molecule has 1 atom stereocenters. The van der Waals surface area contributed by atoms with E-state index >= 15 is 0 Å². The quantitative estimate of drug-likeness (QED) is 0.505. The first-order chi connectivity index (χ1) is 12.1. The molecule has 1 amide bonds. The topological polar surface area (TPSA) is 92.3 Å². The minimum absolute atomic E-state index is 0.201. The van der Waals surface area contributed by atoms with Crippen LogP contribution in [0.5, 0.6) is 0 Å². The summed E-state index contributed by atoms with van der Waals surface area (Å²) in [4.78, 5) is 12.6. The van der Waals surface area contributed by atoms with Crippen LogP contribution < -0.4 is 9.62 Å². The smallest absolute Gasteiger partial charge is 0.249 e. The van der Waals surface area contributed by atoms with E-state index in [2.05, 4.69) is 15.5 Å². The van der Waals surface area contributed by atoms with Crippen LogP contribution in [-0.4, -0.2) is 42.6 Å². The zero-order valence-corrected chi connectivity index (χ0v) is 18.0. The molecule has 0 spiro atoms. The fourth-order valence-electron chi connectivity index (χ4n) is 2.13. The summed E-state index contributed by atoms with van der Waals surface area (Å²) in [5.74, 6) is 0.284. The molecule has 0 aliphatic carbocycles. The molecule has 1 aromatic heterocycles. The molecule has 1 N–H and O–H groups in total. The number of benzene rings is 1. The van der Waals surface area contributed by atoms with Crippen LogP contribution in [0.3, 0.4) is 0 Å². The molecule has 0 bridgehead atoms. The molecule has 26 heavy (non-hydrogen) atoms. The molecule has 2 aromatic rings. The van der Waals surface area contributed by atoms with Gasteiger partial charge in [0.2, 0.25) is 21.1 Å². The Balaban J connectivity index is 2.28. The predicted octanol–water partition coefficient (Wildman–Crippen LogP) is 3.75. The van der Waals surface area contributed by atoms with E-state index in [4.69, 9.17) is 23.2 Å². The number of aromatic nitrogens is 2. The molecule has 0 aliphatic heterocycles. The van der Waals surface area contributed by atoms with Crippen LogP contribution in [0, 0.1) is 0 Å². The summed E-state index contributed by atoms with van der Waals surface area (Å²) < 4.78 is 26.2. The molecule has 0 saturated heterocycles. The largest absolute Gasteiger partial charge is 0.299 e. The van der Waals surface area contributed by atoms with Crippen molar-refractivity contribution in [2.75, 3.05) is 21.6 Å². The Bertz CT molecular complexity index is 884. The summed E-state index contributed by atoms with van der Waals surface area (Å²) in [5, 5.41) is 11.2. The Morgan fingerprint density at radius 3 is 2.46 bits per heavy atom. The number of halogens is 2. The van der Waals surface area contributed by atoms with Crippen molar-refractivity contribution in [3.63, 3.8) is 0 Å². The SMILES string of the molecule is CCSc1nnc(NC(=O)[C@H](C)N(c2cc(Cl)cc(Cl)c2)S(C)(=O)=O)s1. The number of rotatable bonds is 7. The molecule has 1 aromatic carbocycles. The van der Waals surface area contributed by atoms with Crippen molar-refractivity contribution in [2.24, 2.45) is 0 Å². The second-order valence-corrected chi connectivity index (χ2v) is 10.4. The Morgan fingerprint density at radius 1 is 1.31 bits per heavy atom. The number of amides is 1. The van der Waals surface area contributed by atoms with Gasteiger partial charge in [-0.1, -0.05) is 53.2 Å². The summed E-state index contributed by atoms with van der Waals surface area (Å²) in [5.41, 5.74) is 0.201. The lowest BCUT2D eigenvalue weighted by atomic mass is 10.2. The van der Waals surface area contributed by atoms with Crippen molar-refractivity contribution in [2.45, 2.75) is 24.2 Å². The molecule has 7 nitrogen and oxygen atoms in total. The van der Waals surface area contributed by atoms with E-state index < -0.39 is 22.0 Å². The number of sulfonamides is 1. The van der Waals surface area contributed by atoms with Gasteiger partial charge < -0.3 is 0 Å². The molecule has 0 radical (unpaired) electrons. The minimum atomic E-state index is -3.77. The van der Waals surface area contributed by atoms with Gasteiger partial charge in [-0.15, -0.1) is 10.2 Å². The van der Waals surface area contributed by atoms with Gasteiger partial charge in [0, 0.05) is 10.0 Å². The van der Waals surface area contributed by atoms with Crippen LogP contribution in [0.2, 0.25) is 10.0 Å². The number of hydrogen-bond donors (Lipinski definition) is 1. The number of hydrogen-bond acceptors (Lipinski definition) is 7. The third-order valence-corrected chi connectivity index (χ3v) is 6.63. The van der Waals surface area contributed by atoms with Crippen LogP contribution in [0.1, 0.15) is 13.8 Å². The van der Waals surface area contributed by atoms with Crippen molar-refractivity contribution in [3.8, 4) is 0 Å². The predicted molar refractivity (Wildman–Crippen MR) is 108 cm³/mol.